The normalized spacial score (nSPS) is 18.7. The van der Waals surface area contributed by atoms with Crippen molar-refractivity contribution in [3.05, 3.63) is 17.0 Å². The van der Waals surface area contributed by atoms with Crippen LogP contribution < -0.4 is 5.32 Å². The lowest BCUT2D eigenvalue weighted by Gasteiger charge is -2.31. The van der Waals surface area contributed by atoms with Crippen molar-refractivity contribution in [1.82, 2.24) is 20.0 Å². The molecule has 0 radical (unpaired) electrons. The predicted molar refractivity (Wildman–Crippen MR) is 107 cm³/mol. The van der Waals surface area contributed by atoms with Crippen LogP contribution in [-0.2, 0) is 29.0 Å². The molecule has 0 aliphatic carbocycles. The number of carbonyl (C=O) groups is 1. The highest BCUT2D eigenvalue weighted by Crippen LogP contribution is 2.24. The molecule has 6 heteroatoms. The van der Waals surface area contributed by atoms with E-state index in [0.717, 1.165) is 44.1 Å². The molecule has 1 saturated heterocycles. The van der Waals surface area contributed by atoms with Crippen LogP contribution in [-0.4, -0.2) is 53.4 Å². The van der Waals surface area contributed by atoms with Crippen LogP contribution in [0.2, 0.25) is 0 Å². The van der Waals surface area contributed by atoms with Gasteiger partial charge in [-0.3, -0.25) is 9.48 Å². The molecule has 2 aliphatic heterocycles. The summed E-state index contributed by atoms with van der Waals surface area (Å²) in [7, 11) is 0. The molecule has 0 saturated carbocycles. The summed E-state index contributed by atoms with van der Waals surface area (Å²) in [6.07, 6.45) is 5.77. The van der Waals surface area contributed by atoms with Crippen LogP contribution in [0.15, 0.2) is 0 Å². The van der Waals surface area contributed by atoms with E-state index in [1.54, 1.807) is 0 Å². The summed E-state index contributed by atoms with van der Waals surface area (Å²) in [6, 6.07) is 0.346. The summed E-state index contributed by atoms with van der Waals surface area (Å²) in [4.78, 5) is 14.8. The fourth-order valence-electron chi connectivity index (χ4n) is 4.29. The van der Waals surface area contributed by atoms with Crippen LogP contribution in [0.1, 0.15) is 69.4 Å². The SMILES string of the molecule is CCN1CCC(CCNC(=O)CCc2nn(C(C)C)c3c2COCC3)CC1. The van der Waals surface area contributed by atoms with Gasteiger partial charge in [-0.05, 0) is 58.7 Å². The zero-order valence-corrected chi connectivity index (χ0v) is 17.3. The second-order valence-electron chi connectivity index (χ2n) is 8.23. The molecular weight excluding hydrogens is 340 g/mol. The van der Waals surface area contributed by atoms with E-state index in [1.807, 2.05) is 0 Å². The average Bonchev–Trinajstić information content (AvgIpc) is 3.06. The maximum absolute atomic E-state index is 12.3. The highest BCUT2D eigenvalue weighted by Gasteiger charge is 2.23. The molecule has 1 fully saturated rings. The standard InChI is InChI=1S/C21H36N4O2/c1-4-24-12-8-17(9-13-24)7-11-22-21(26)6-5-19-18-15-27-14-10-20(18)25(23-19)16(2)3/h16-17H,4-15H2,1-3H3,(H,22,26). The number of hydrogen-bond donors (Lipinski definition) is 1. The molecule has 2 aliphatic rings. The second-order valence-corrected chi connectivity index (χ2v) is 8.23. The summed E-state index contributed by atoms with van der Waals surface area (Å²) in [5, 5.41) is 7.90. The first-order valence-corrected chi connectivity index (χ1v) is 10.7. The Morgan fingerprint density at radius 2 is 2.11 bits per heavy atom. The number of aromatic nitrogens is 2. The zero-order chi connectivity index (χ0) is 19.2. The topological polar surface area (TPSA) is 59.4 Å². The van der Waals surface area contributed by atoms with Gasteiger partial charge in [0.05, 0.1) is 18.9 Å². The Balaban J connectivity index is 1.42. The van der Waals surface area contributed by atoms with Gasteiger partial charge in [0.25, 0.3) is 0 Å². The molecule has 27 heavy (non-hydrogen) atoms. The minimum absolute atomic E-state index is 0.144. The van der Waals surface area contributed by atoms with Gasteiger partial charge in [0.2, 0.25) is 5.91 Å². The number of amides is 1. The molecule has 0 unspecified atom stereocenters. The third kappa shape index (κ3) is 5.32. The van der Waals surface area contributed by atoms with Gasteiger partial charge in [-0.2, -0.15) is 5.10 Å². The third-order valence-electron chi connectivity index (χ3n) is 6.04. The van der Waals surface area contributed by atoms with Crippen LogP contribution in [0.3, 0.4) is 0 Å². The zero-order valence-electron chi connectivity index (χ0n) is 17.3. The summed E-state index contributed by atoms with van der Waals surface area (Å²) in [5.41, 5.74) is 3.55. The van der Waals surface area contributed by atoms with Crippen molar-refractivity contribution in [2.45, 2.75) is 71.9 Å². The maximum atomic E-state index is 12.3. The van der Waals surface area contributed by atoms with Crippen molar-refractivity contribution in [2.24, 2.45) is 5.92 Å². The largest absolute Gasteiger partial charge is 0.376 e. The summed E-state index contributed by atoms with van der Waals surface area (Å²) < 4.78 is 7.75. The molecule has 3 heterocycles. The van der Waals surface area contributed by atoms with Crippen LogP contribution in [0.25, 0.3) is 0 Å². The van der Waals surface area contributed by atoms with E-state index in [-0.39, 0.29) is 5.91 Å². The van der Waals surface area contributed by atoms with Crippen molar-refractivity contribution in [3.8, 4) is 0 Å². The molecule has 0 atom stereocenters. The van der Waals surface area contributed by atoms with E-state index < -0.39 is 0 Å². The number of carbonyl (C=O) groups excluding carboxylic acids is 1. The van der Waals surface area contributed by atoms with Gasteiger partial charge in [-0.1, -0.05) is 6.92 Å². The number of ether oxygens (including phenoxy) is 1. The number of fused-ring (bicyclic) bond motifs is 1. The van der Waals surface area contributed by atoms with E-state index in [1.165, 1.54) is 37.2 Å². The molecule has 1 N–H and O–H groups in total. The lowest BCUT2D eigenvalue weighted by atomic mass is 9.93. The van der Waals surface area contributed by atoms with Gasteiger partial charge in [0.1, 0.15) is 0 Å². The highest BCUT2D eigenvalue weighted by atomic mass is 16.5. The van der Waals surface area contributed by atoms with Gasteiger partial charge in [-0.15, -0.1) is 0 Å². The van der Waals surface area contributed by atoms with E-state index in [0.29, 0.717) is 25.5 Å². The number of nitrogens with zero attached hydrogens (tertiary/aromatic N) is 3. The minimum atomic E-state index is 0.144. The third-order valence-corrected chi connectivity index (χ3v) is 6.04. The van der Waals surface area contributed by atoms with Crippen molar-refractivity contribution < 1.29 is 9.53 Å². The smallest absolute Gasteiger partial charge is 0.220 e. The molecule has 3 rings (SSSR count). The van der Waals surface area contributed by atoms with Crippen LogP contribution in [0, 0.1) is 5.92 Å². The van der Waals surface area contributed by atoms with Crippen molar-refractivity contribution >= 4 is 5.91 Å². The van der Waals surface area contributed by atoms with Crippen LogP contribution in [0.5, 0.6) is 0 Å². The Kier molecular flexibility index (Phi) is 7.30. The molecule has 6 nitrogen and oxygen atoms in total. The van der Waals surface area contributed by atoms with Gasteiger partial charge >= 0.3 is 0 Å². The Morgan fingerprint density at radius 3 is 2.81 bits per heavy atom. The second kappa shape index (κ2) is 9.69. The van der Waals surface area contributed by atoms with Crippen molar-refractivity contribution in [2.75, 3.05) is 32.8 Å². The Morgan fingerprint density at radius 1 is 1.33 bits per heavy atom. The van der Waals surface area contributed by atoms with Gasteiger partial charge in [0, 0.05) is 43.1 Å². The monoisotopic (exact) mass is 376 g/mol. The van der Waals surface area contributed by atoms with Crippen LogP contribution in [0.4, 0.5) is 0 Å². The molecule has 0 aromatic carbocycles. The number of likely N-dealkylation sites (tertiary alicyclic amines) is 1. The molecule has 1 aromatic heterocycles. The number of aryl methyl sites for hydroxylation is 1. The summed E-state index contributed by atoms with van der Waals surface area (Å²) >= 11 is 0. The first kappa shape index (κ1) is 20.3. The fourth-order valence-corrected chi connectivity index (χ4v) is 4.29. The number of rotatable bonds is 8. The summed E-state index contributed by atoms with van der Waals surface area (Å²) in [6.45, 7) is 12.3. The molecule has 1 amide bonds. The van der Waals surface area contributed by atoms with Crippen molar-refractivity contribution in [1.29, 1.82) is 0 Å². The highest BCUT2D eigenvalue weighted by molar-refractivity contribution is 5.76. The van der Waals surface area contributed by atoms with Gasteiger partial charge < -0.3 is 15.0 Å². The number of hydrogen-bond acceptors (Lipinski definition) is 4. The average molecular weight is 377 g/mol. The predicted octanol–water partition coefficient (Wildman–Crippen LogP) is 2.71. The quantitative estimate of drug-likeness (QED) is 0.758. The van der Waals surface area contributed by atoms with Crippen LogP contribution >= 0.6 is 0 Å². The first-order chi connectivity index (χ1) is 13.1. The Hall–Kier alpha value is -1.40. The fraction of sp³-hybridized carbons (Fsp3) is 0.810. The van der Waals surface area contributed by atoms with Gasteiger partial charge in [-0.25, -0.2) is 0 Å². The molecule has 0 bridgehead atoms. The number of piperidine rings is 1. The first-order valence-electron chi connectivity index (χ1n) is 10.7. The lowest BCUT2D eigenvalue weighted by Crippen LogP contribution is -2.35. The molecular formula is C21H36N4O2. The van der Waals surface area contributed by atoms with E-state index >= 15 is 0 Å². The number of nitrogens with one attached hydrogen (secondary N) is 1. The maximum Gasteiger partial charge on any atom is 0.220 e. The molecule has 0 spiro atoms. The minimum Gasteiger partial charge on any atom is -0.376 e. The van der Waals surface area contributed by atoms with Crippen molar-refractivity contribution in [3.63, 3.8) is 0 Å². The Bertz CT molecular complexity index is 618. The lowest BCUT2D eigenvalue weighted by molar-refractivity contribution is -0.121. The molecule has 1 aromatic rings. The Labute approximate surface area is 163 Å². The van der Waals surface area contributed by atoms with E-state index in [9.17, 15) is 4.79 Å². The van der Waals surface area contributed by atoms with Gasteiger partial charge in [0.15, 0.2) is 0 Å². The van der Waals surface area contributed by atoms with E-state index in [2.05, 4.69) is 35.7 Å². The molecule has 152 valence electrons. The summed E-state index contributed by atoms with van der Waals surface area (Å²) in [5.74, 6) is 0.907. The van der Waals surface area contributed by atoms with E-state index in [4.69, 9.17) is 9.84 Å².